The van der Waals surface area contributed by atoms with Gasteiger partial charge in [-0.3, -0.25) is 10.1 Å². The smallest absolute Gasteiger partial charge is 0.250 e. The highest BCUT2D eigenvalue weighted by molar-refractivity contribution is 7.80. The maximum atomic E-state index is 11.9. The van der Waals surface area contributed by atoms with Crippen LogP contribution in [0.15, 0.2) is 54.6 Å². The zero-order valence-corrected chi connectivity index (χ0v) is 15.0. The van der Waals surface area contributed by atoms with Crippen LogP contribution in [-0.4, -0.2) is 23.1 Å². The number of rotatable bonds is 4. The van der Waals surface area contributed by atoms with E-state index in [0.717, 1.165) is 21.5 Å². The molecule has 0 unspecified atom stereocenters. The minimum absolute atomic E-state index is 0.212. The summed E-state index contributed by atoms with van der Waals surface area (Å²) in [6.45, 7) is 0. The molecule has 1 aromatic heterocycles. The molecule has 0 saturated carbocycles. The van der Waals surface area contributed by atoms with Crippen molar-refractivity contribution < 1.29 is 9.53 Å². The Labute approximate surface area is 154 Å². The molecule has 3 aromatic rings. The lowest BCUT2D eigenvalue weighted by Gasteiger charge is -2.04. The molecule has 0 aliphatic rings. The van der Waals surface area contributed by atoms with Gasteiger partial charge in [0.2, 0.25) is 5.91 Å². The lowest BCUT2D eigenvalue weighted by Crippen LogP contribution is -2.32. The summed E-state index contributed by atoms with van der Waals surface area (Å²) in [5.74, 6) is 0.456. The van der Waals surface area contributed by atoms with Crippen molar-refractivity contribution in [3.63, 3.8) is 0 Å². The molecule has 3 rings (SSSR count). The molecule has 1 heterocycles. The Morgan fingerprint density at radius 2 is 1.96 bits per heavy atom. The molecule has 0 bridgehead atoms. The van der Waals surface area contributed by atoms with Gasteiger partial charge in [-0.2, -0.15) is 0 Å². The van der Waals surface area contributed by atoms with Gasteiger partial charge in [-0.15, -0.1) is 0 Å². The molecule has 0 aliphatic carbocycles. The molecule has 0 radical (unpaired) electrons. The van der Waals surface area contributed by atoms with E-state index in [1.807, 2.05) is 48.5 Å². The average molecular weight is 369 g/mol. The Bertz CT molecular complexity index is 900. The minimum Gasteiger partial charge on any atom is -0.497 e. The maximum absolute atomic E-state index is 11.9. The van der Waals surface area contributed by atoms with Crippen LogP contribution in [-0.2, 0) is 4.79 Å². The Morgan fingerprint density at radius 3 is 2.68 bits per heavy atom. The Hall–Kier alpha value is -2.77. The van der Waals surface area contributed by atoms with Crippen LogP contribution in [0.5, 0.6) is 5.75 Å². The summed E-state index contributed by atoms with van der Waals surface area (Å²) in [4.78, 5) is 16.4. The molecule has 0 saturated heterocycles. The highest BCUT2D eigenvalue weighted by Crippen LogP contribution is 2.25. The van der Waals surface area contributed by atoms with Crippen LogP contribution in [0.1, 0.15) is 5.56 Å². The fourth-order valence-electron chi connectivity index (χ4n) is 2.09. The van der Waals surface area contributed by atoms with Gasteiger partial charge in [0, 0.05) is 6.08 Å². The van der Waals surface area contributed by atoms with Crippen molar-refractivity contribution >= 4 is 56.0 Å². The number of nitrogens with one attached hydrogen (secondary N) is 2. The first-order valence-corrected chi connectivity index (χ1v) is 8.66. The number of para-hydroxylation sites is 1. The summed E-state index contributed by atoms with van der Waals surface area (Å²) in [5, 5.41) is 6.39. The van der Waals surface area contributed by atoms with Gasteiger partial charge in [0.25, 0.3) is 0 Å². The zero-order chi connectivity index (χ0) is 17.6. The fourth-order valence-corrected chi connectivity index (χ4v) is 3.23. The number of fused-ring (bicyclic) bond motifs is 1. The second-order valence-electron chi connectivity index (χ2n) is 5.04. The largest absolute Gasteiger partial charge is 0.497 e. The molecule has 0 atom stereocenters. The van der Waals surface area contributed by atoms with Crippen LogP contribution in [0, 0.1) is 0 Å². The van der Waals surface area contributed by atoms with Crippen molar-refractivity contribution in [3.8, 4) is 5.75 Å². The van der Waals surface area contributed by atoms with Gasteiger partial charge < -0.3 is 10.1 Å². The Kier molecular flexibility index (Phi) is 5.37. The molecule has 0 aliphatic heterocycles. The maximum Gasteiger partial charge on any atom is 0.250 e. The first kappa shape index (κ1) is 17.1. The summed E-state index contributed by atoms with van der Waals surface area (Å²) < 4.78 is 6.15. The van der Waals surface area contributed by atoms with E-state index in [-0.39, 0.29) is 11.0 Å². The SMILES string of the molecule is COc1ccc(/C=C/C(=O)NC(=S)Nc2nc3ccccc3s2)cc1. The van der Waals surface area contributed by atoms with Crippen LogP contribution in [0.3, 0.4) is 0 Å². The number of carbonyl (C=O) groups excluding carboxylic acids is 1. The van der Waals surface area contributed by atoms with E-state index in [0.29, 0.717) is 5.13 Å². The number of nitrogens with zero attached hydrogens (tertiary/aromatic N) is 1. The van der Waals surface area contributed by atoms with Gasteiger partial charge in [0.15, 0.2) is 10.2 Å². The van der Waals surface area contributed by atoms with Crippen molar-refractivity contribution in [2.24, 2.45) is 0 Å². The van der Waals surface area contributed by atoms with Crippen LogP contribution < -0.4 is 15.4 Å². The van der Waals surface area contributed by atoms with E-state index in [4.69, 9.17) is 17.0 Å². The predicted octanol–water partition coefficient (Wildman–Crippen LogP) is 3.83. The zero-order valence-electron chi connectivity index (χ0n) is 13.4. The van der Waals surface area contributed by atoms with E-state index in [2.05, 4.69) is 15.6 Å². The number of carbonyl (C=O) groups is 1. The van der Waals surface area contributed by atoms with Gasteiger partial charge in [0.1, 0.15) is 5.75 Å². The monoisotopic (exact) mass is 369 g/mol. The number of ether oxygens (including phenoxy) is 1. The first-order valence-electron chi connectivity index (χ1n) is 7.44. The minimum atomic E-state index is -0.311. The van der Waals surface area contributed by atoms with Crippen LogP contribution >= 0.6 is 23.6 Å². The van der Waals surface area contributed by atoms with Gasteiger partial charge in [-0.05, 0) is 48.1 Å². The molecule has 0 spiro atoms. The van der Waals surface area contributed by atoms with Crippen molar-refractivity contribution in [2.45, 2.75) is 0 Å². The number of amides is 1. The number of anilines is 1. The summed E-state index contributed by atoms with van der Waals surface area (Å²) in [6.07, 6.45) is 3.13. The van der Waals surface area contributed by atoms with Crippen LogP contribution in [0.25, 0.3) is 16.3 Å². The predicted molar refractivity (Wildman–Crippen MR) is 106 cm³/mol. The van der Waals surface area contributed by atoms with Gasteiger partial charge in [-0.1, -0.05) is 35.6 Å². The van der Waals surface area contributed by atoms with E-state index < -0.39 is 0 Å². The van der Waals surface area contributed by atoms with Crippen molar-refractivity contribution in [1.29, 1.82) is 0 Å². The topological polar surface area (TPSA) is 63.2 Å². The third-order valence-corrected chi connectivity index (χ3v) is 4.45. The molecule has 25 heavy (non-hydrogen) atoms. The highest BCUT2D eigenvalue weighted by atomic mass is 32.1. The number of thiazole rings is 1. The molecule has 7 heteroatoms. The third-order valence-electron chi connectivity index (χ3n) is 3.29. The van der Waals surface area contributed by atoms with Gasteiger partial charge >= 0.3 is 0 Å². The third kappa shape index (κ3) is 4.62. The number of benzene rings is 2. The van der Waals surface area contributed by atoms with E-state index in [9.17, 15) is 4.79 Å². The van der Waals surface area contributed by atoms with Crippen LogP contribution in [0.4, 0.5) is 5.13 Å². The lowest BCUT2D eigenvalue weighted by molar-refractivity contribution is -0.115. The van der Waals surface area contributed by atoms with E-state index in [1.54, 1.807) is 13.2 Å². The number of aromatic nitrogens is 1. The van der Waals surface area contributed by atoms with Gasteiger partial charge in [-0.25, -0.2) is 4.98 Å². The molecule has 2 N–H and O–H groups in total. The van der Waals surface area contributed by atoms with Crippen molar-refractivity contribution in [2.75, 3.05) is 12.4 Å². The van der Waals surface area contributed by atoms with E-state index in [1.165, 1.54) is 17.4 Å². The summed E-state index contributed by atoms with van der Waals surface area (Å²) >= 11 is 6.63. The van der Waals surface area contributed by atoms with Gasteiger partial charge in [0.05, 0.1) is 17.3 Å². The standard InChI is InChI=1S/C18H15N3O2S2/c1-23-13-9-6-12(7-10-13)8-11-16(22)20-17(24)21-18-19-14-4-2-3-5-15(14)25-18/h2-11H,1H3,(H2,19,20,21,22,24)/b11-8+. The number of methoxy groups -OCH3 is 1. The van der Waals surface area contributed by atoms with Crippen LogP contribution in [0.2, 0.25) is 0 Å². The quantitative estimate of drug-likeness (QED) is 0.541. The molecule has 2 aromatic carbocycles. The summed E-state index contributed by atoms with van der Waals surface area (Å²) in [7, 11) is 1.61. The normalized spacial score (nSPS) is 10.8. The van der Waals surface area contributed by atoms with E-state index >= 15 is 0 Å². The molecular formula is C18H15N3O2S2. The lowest BCUT2D eigenvalue weighted by atomic mass is 10.2. The molecule has 1 amide bonds. The molecule has 0 fully saturated rings. The van der Waals surface area contributed by atoms with Crippen molar-refractivity contribution in [3.05, 3.63) is 60.2 Å². The number of thiocarbonyl (C=S) groups is 1. The number of hydrogen-bond acceptors (Lipinski definition) is 5. The summed E-state index contributed by atoms with van der Waals surface area (Å²) in [6, 6.07) is 15.2. The average Bonchev–Trinajstić information content (AvgIpc) is 3.02. The Balaban J connectivity index is 1.56. The second-order valence-corrected chi connectivity index (χ2v) is 6.48. The highest BCUT2D eigenvalue weighted by Gasteiger charge is 2.06. The first-order chi connectivity index (χ1) is 12.1. The Morgan fingerprint density at radius 1 is 1.20 bits per heavy atom. The summed E-state index contributed by atoms with van der Waals surface area (Å²) in [5.41, 5.74) is 1.78. The fraction of sp³-hybridized carbons (Fsp3) is 0.0556. The molecule has 5 nitrogen and oxygen atoms in total. The number of hydrogen-bond donors (Lipinski definition) is 2. The van der Waals surface area contributed by atoms with Crippen molar-refractivity contribution in [1.82, 2.24) is 10.3 Å². The second kappa shape index (κ2) is 7.87. The molecular weight excluding hydrogens is 354 g/mol. The molecule has 126 valence electrons.